The van der Waals surface area contributed by atoms with Gasteiger partial charge in [0, 0.05) is 19.5 Å². The van der Waals surface area contributed by atoms with E-state index in [1.54, 1.807) is 0 Å². The molecule has 1 aliphatic heterocycles. The Morgan fingerprint density at radius 1 is 1.27 bits per heavy atom. The molecule has 1 N–H and O–H groups in total. The molecule has 0 saturated carbocycles. The predicted molar refractivity (Wildman–Crippen MR) is 91.4 cm³/mol. The minimum absolute atomic E-state index is 0.0543. The van der Waals surface area contributed by atoms with Crippen molar-refractivity contribution in [3.63, 3.8) is 0 Å². The number of alkyl halides is 3. The molecule has 26 heavy (non-hydrogen) atoms. The maximum atomic E-state index is 13.1. The van der Waals surface area contributed by atoms with Gasteiger partial charge in [0.25, 0.3) is 0 Å². The van der Waals surface area contributed by atoms with Gasteiger partial charge in [0.1, 0.15) is 0 Å². The van der Waals surface area contributed by atoms with E-state index < -0.39 is 11.7 Å². The second-order valence-corrected chi connectivity index (χ2v) is 6.99. The van der Waals surface area contributed by atoms with Gasteiger partial charge in [0.15, 0.2) is 0 Å². The number of carbonyl (C=O) groups excluding carboxylic acids is 2. The molecule has 3 rings (SSSR count). The summed E-state index contributed by atoms with van der Waals surface area (Å²) in [5, 5.41) is 6.54. The van der Waals surface area contributed by atoms with Crippen LogP contribution in [-0.4, -0.2) is 29.3 Å². The number of thiophene rings is 1. The molecule has 0 aliphatic carbocycles. The molecular weight excluding hydrogens is 365 g/mol. The molecule has 1 aromatic heterocycles. The third kappa shape index (κ3) is 4.43. The van der Waals surface area contributed by atoms with Crippen molar-refractivity contribution in [1.82, 2.24) is 10.2 Å². The van der Waals surface area contributed by atoms with Crippen LogP contribution in [0.1, 0.15) is 23.1 Å². The number of nitrogens with zero attached hydrogens (tertiary/aromatic N) is 1. The number of benzene rings is 1. The van der Waals surface area contributed by atoms with E-state index in [2.05, 4.69) is 5.32 Å². The fourth-order valence-electron chi connectivity index (χ4n) is 3.02. The molecule has 1 aromatic carbocycles. The highest BCUT2D eigenvalue weighted by Crippen LogP contribution is 2.32. The molecule has 0 radical (unpaired) electrons. The summed E-state index contributed by atoms with van der Waals surface area (Å²) in [6.45, 7) is 0.0891. The summed E-state index contributed by atoms with van der Waals surface area (Å²) in [7, 11) is 0. The maximum absolute atomic E-state index is 13.1. The van der Waals surface area contributed by atoms with Gasteiger partial charge in [0.05, 0.1) is 18.0 Å². The highest BCUT2D eigenvalue weighted by molar-refractivity contribution is 7.08. The van der Waals surface area contributed by atoms with Gasteiger partial charge in [-0.3, -0.25) is 9.59 Å². The van der Waals surface area contributed by atoms with Crippen LogP contribution in [0.15, 0.2) is 41.1 Å². The first kappa shape index (κ1) is 18.4. The van der Waals surface area contributed by atoms with Crippen LogP contribution >= 0.6 is 11.3 Å². The van der Waals surface area contributed by atoms with E-state index in [9.17, 15) is 22.8 Å². The Bertz CT molecular complexity index is 790. The Kier molecular flexibility index (Phi) is 5.31. The smallest absolute Gasteiger partial charge is 0.351 e. The molecule has 2 aromatic rings. The van der Waals surface area contributed by atoms with Gasteiger partial charge in [0.2, 0.25) is 11.8 Å². The SMILES string of the molecule is O=C(Cc1ccsc1)N[C@@H]1CC(=O)N(Cc2ccccc2C(F)(F)F)C1. The topological polar surface area (TPSA) is 49.4 Å². The summed E-state index contributed by atoms with van der Waals surface area (Å²) < 4.78 is 39.3. The molecule has 138 valence electrons. The number of nitrogens with one attached hydrogen (secondary N) is 1. The molecule has 2 heterocycles. The first-order valence-electron chi connectivity index (χ1n) is 8.06. The maximum Gasteiger partial charge on any atom is 0.416 e. The summed E-state index contributed by atoms with van der Waals surface area (Å²) >= 11 is 1.50. The molecule has 2 amide bonds. The van der Waals surface area contributed by atoms with Crippen LogP contribution in [0.4, 0.5) is 13.2 Å². The van der Waals surface area contributed by atoms with Crippen molar-refractivity contribution in [2.75, 3.05) is 6.54 Å². The third-order valence-corrected chi connectivity index (χ3v) is 4.94. The van der Waals surface area contributed by atoms with Crippen LogP contribution in [0.2, 0.25) is 0 Å². The fourth-order valence-corrected chi connectivity index (χ4v) is 3.69. The number of carbonyl (C=O) groups is 2. The standard InChI is InChI=1S/C18H17F3N2O2S/c19-18(20,21)15-4-2-1-3-13(15)9-23-10-14(8-17(23)25)22-16(24)7-12-5-6-26-11-12/h1-6,11,14H,7-10H2,(H,22,24)/t14-/m1/s1. The Balaban J connectivity index is 1.61. The van der Waals surface area contributed by atoms with Crippen molar-refractivity contribution in [2.45, 2.75) is 31.6 Å². The summed E-state index contributed by atoms with van der Waals surface area (Å²) in [6.07, 6.45) is -4.14. The molecular formula is C18H17F3N2O2S. The lowest BCUT2D eigenvalue weighted by Gasteiger charge is -2.20. The average Bonchev–Trinajstić information content (AvgIpc) is 3.17. The number of hydrogen-bond donors (Lipinski definition) is 1. The highest BCUT2D eigenvalue weighted by Gasteiger charge is 2.35. The van der Waals surface area contributed by atoms with Crippen LogP contribution in [-0.2, 0) is 28.7 Å². The van der Waals surface area contributed by atoms with Crippen LogP contribution in [0.3, 0.4) is 0 Å². The van der Waals surface area contributed by atoms with Crippen molar-refractivity contribution < 1.29 is 22.8 Å². The Morgan fingerprint density at radius 2 is 2.04 bits per heavy atom. The molecule has 4 nitrogen and oxygen atoms in total. The normalized spacial score (nSPS) is 17.6. The zero-order valence-electron chi connectivity index (χ0n) is 13.8. The van der Waals surface area contributed by atoms with E-state index >= 15 is 0 Å². The lowest BCUT2D eigenvalue weighted by atomic mass is 10.1. The van der Waals surface area contributed by atoms with E-state index in [0.29, 0.717) is 0 Å². The minimum Gasteiger partial charge on any atom is -0.351 e. The van der Waals surface area contributed by atoms with Crippen LogP contribution < -0.4 is 5.32 Å². The second kappa shape index (κ2) is 7.49. The molecule has 1 fully saturated rings. The molecule has 8 heteroatoms. The fraction of sp³-hybridized carbons (Fsp3) is 0.333. The van der Waals surface area contributed by atoms with E-state index in [-0.39, 0.29) is 49.4 Å². The average molecular weight is 382 g/mol. The van der Waals surface area contributed by atoms with Crippen molar-refractivity contribution in [3.05, 3.63) is 57.8 Å². The van der Waals surface area contributed by atoms with Crippen LogP contribution in [0, 0.1) is 0 Å². The van der Waals surface area contributed by atoms with Gasteiger partial charge in [-0.1, -0.05) is 18.2 Å². The third-order valence-electron chi connectivity index (χ3n) is 4.21. The first-order chi connectivity index (χ1) is 12.3. The molecule has 1 saturated heterocycles. The Hall–Kier alpha value is -2.35. The molecule has 0 unspecified atom stereocenters. The van der Waals surface area contributed by atoms with Crippen molar-refractivity contribution in [3.8, 4) is 0 Å². The van der Waals surface area contributed by atoms with Crippen LogP contribution in [0.5, 0.6) is 0 Å². The highest BCUT2D eigenvalue weighted by atomic mass is 32.1. The van der Waals surface area contributed by atoms with E-state index in [1.165, 1.54) is 34.4 Å². The lowest BCUT2D eigenvalue weighted by molar-refractivity contribution is -0.139. The van der Waals surface area contributed by atoms with Crippen LogP contribution in [0.25, 0.3) is 0 Å². The van der Waals surface area contributed by atoms with Gasteiger partial charge in [-0.15, -0.1) is 0 Å². The molecule has 0 spiro atoms. The van der Waals surface area contributed by atoms with Crippen molar-refractivity contribution >= 4 is 23.2 Å². The van der Waals surface area contributed by atoms with Gasteiger partial charge in [-0.2, -0.15) is 24.5 Å². The minimum atomic E-state index is -4.46. The summed E-state index contributed by atoms with van der Waals surface area (Å²) in [5.74, 6) is -0.457. The van der Waals surface area contributed by atoms with Gasteiger partial charge in [-0.05, 0) is 34.0 Å². The van der Waals surface area contributed by atoms with Gasteiger partial charge >= 0.3 is 6.18 Å². The van der Waals surface area contributed by atoms with E-state index in [0.717, 1.165) is 11.6 Å². The van der Waals surface area contributed by atoms with Crippen molar-refractivity contribution in [1.29, 1.82) is 0 Å². The van der Waals surface area contributed by atoms with E-state index in [1.807, 2.05) is 16.8 Å². The quantitative estimate of drug-likeness (QED) is 0.863. The van der Waals surface area contributed by atoms with Crippen molar-refractivity contribution in [2.24, 2.45) is 0 Å². The Labute approximate surface area is 152 Å². The summed E-state index contributed by atoms with van der Waals surface area (Å²) in [5.41, 5.74) is 0.212. The second-order valence-electron chi connectivity index (χ2n) is 6.21. The molecule has 1 atom stereocenters. The number of likely N-dealkylation sites (tertiary alicyclic amines) is 1. The Morgan fingerprint density at radius 3 is 2.73 bits per heavy atom. The lowest BCUT2D eigenvalue weighted by Crippen LogP contribution is -2.37. The summed E-state index contributed by atoms with van der Waals surface area (Å²) in [4.78, 5) is 25.5. The summed E-state index contributed by atoms with van der Waals surface area (Å²) in [6, 6.07) is 6.70. The first-order valence-corrected chi connectivity index (χ1v) is 9.00. The molecule has 0 bridgehead atoms. The van der Waals surface area contributed by atoms with E-state index in [4.69, 9.17) is 0 Å². The number of halogens is 3. The largest absolute Gasteiger partial charge is 0.416 e. The number of hydrogen-bond acceptors (Lipinski definition) is 3. The zero-order valence-corrected chi connectivity index (χ0v) is 14.6. The zero-order chi connectivity index (χ0) is 18.7. The number of amides is 2. The molecule has 1 aliphatic rings. The van der Waals surface area contributed by atoms with Gasteiger partial charge in [-0.25, -0.2) is 0 Å². The monoisotopic (exact) mass is 382 g/mol. The van der Waals surface area contributed by atoms with Gasteiger partial charge < -0.3 is 10.2 Å². The number of rotatable bonds is 5. The predicted octanol–water partition coefficient (Wildman–Crippen LogP) is 3.23.